The van der Waals surface area contributed by atoms with E-state index in [2.05, 4.69) is 10.5 Å². The Morgan fingerprint density at radius 3 is 2.21 bits per heavy atom. The van der Waals surface area contributed by atoms with Crippen LogP contribution in [0.3, 0.4) is 0 Å². The van der Waals surface area contributed by atoms with Crippen molar-refractivity contribution in [1.29, 1.82) is 0 Å². The number of nitrogens with zero attached hydrogens (tertiary/aromatic N) is 2. The molecule has 0 aliphatic carbocycles. The molecule has 1 aliphatic heterocycles. The predicted molar refractivity (Wildman–Crippen MR) is 142 cm³/mol. The van der Waals surface area contributed by atoms with Gasteiger partial charge in [-0.2, -0.15) is 5.10 Å². The van der Waals surface area contributed by atoms with Gasteiger partial charge in [-0.3, -0.25) is 9.59 Å². The monoisotopic (exact) mass is 517 g/mol. The largest absolute Gasteiger partial charge is 0.490 e. The van der Waals surface area contributed by atoms with Gasteiger partial charge >= 0.3 is 0 Å². The van der Waals surface area contributed by atoms with Gasteiger partial charge in [0.1, 0.15) is 0 Å². The first kappa shape index (κ1) is 26.8. The zero-order valence-corrected chi connectivity index (χ0v) is 21.2. The molecule has 3 aromatic rings. The number of aliphatic hydroxyl groups is 1. The molecule has 0 atom stereocenters. The summed E-state index contributed by atoms with van der Waals surface area (Å²) < 4.78 is 16.7. The molecule has 9 heteroatoms. The summed E-state index contributed by atoms with van der Waals surface area (Å²) in [5, 5.41) is 15.6. The zero-order valence-electron chi connectivity index (χ0n) is 21.2. The van der Waals surface area contributed by atoms with Gasteiger partial charge in [-0.25, -0.2) is 5.43 Å². The molecule has 1 aliphatic rings. The standard InChI is InChI=1S/C29H31N3O6/c1-2-37-26-19-22(13-14-25(26)38-21-27(33)32-15-17-36-18-16-32)20-30-31-28(34)29(35,23-9-5-3-6-10-23)24-11-7-4-8-12-24/h3-14,19-20,35H,2,15-18,21H2,1H3,(H,31,34)/b30-20-. The quantitative estimate of drug-likeness (QED) is 0.316. The first-order valence-corrected chi connectivity index (χ1v) is 12.4. The van der Waals surface area contributed by atoms with Gasteiger partial charge in [0, 0.05) is 13.1 Å². The lowest BCUT2D eigenvalue weighted by Gasteiger charge is -2.27. The lowest BCUT2D eigenvalue weighted by Crippen LogP contribution is -2.43. The minimum atomic E-state index is -1.93. The van der Waals surface area contributed by atoms with Crippen LogP contribution in [0.25, 0.3) is 0 Å². The second-order valence-corrected chi connectivity index (χ2v) is 8.56. The van der Waals surface area contributed by atoms with Gasteiger partial charge in [0.2, 0.25) is 0 Å². The molecule has 0 unspecified atom stereocenters. The van der Waals surface area contributed by atoms with Gasteiger partial charge in [-0.15, -0.1) is 0 Å². The van der Waals surface area contributed by atoms with Crippen LogP contribution in [0.5, 0.6) is 11.5 Å². The number of rotatable bonds is 10. The number of carbonyl (C=O) groups excluding carboxylic acids is 2. The molecule has 38 heavy (non-hydrogen) atoms. The van der Waals surface area contributed by atoms with E-state index in [1.54, 1.807) is 71.6 Å². The fourth-order valence-corrected chi connectivity index (χ4v) is 4.07. The third kappa shape index (κ3) is 6.37. The summed E-state index contributed by atoms with van der Waals surface area (Å²) in [7, 11) is 0. The lowest BCUT2D eigenvalue weighted by molar-refractivity contribution is -0.137. The average molecular weight is 518 g/mol. The van der Waals surface area contributed by atoms with E-state index in [0.717, 1.165) is 0 Å². The molecule has 9 nitrogen and oxygen atoms in total. The average Bonchev–Trinajstić information content (AvgIpc) is 2.97. The Kier molecular flexibility index (Phi) is 9.07. The van der Waals surface area contributed by atoms with Crippen molar-refractivity contribution in [3.8, 4) is 11.5 Å². The Balaban J connectivity index is 1.45. The first-order valence-electron chi connectivity index (χ1n) is 12.4. The molecule has 0 spiro atoms. The van der Waals surface area contributed by atoms with Crippen LogP contribution in [0.15, 0.2) is 84.0 Å². The summed E-state index contributed by atoms with van der Waals surface area (Å²) in [5.74, 6) is 0.0611. The Labute approximate surface area is 221 Å². The Morgan fingerprint density at radius 2 is 1.61 bits per heavy atom. The Morgan fingerprint density at radius 1 is 0.974 bits per heavy atom. The number of ether oxygens (including phenoxy) is 3. The van der Waals surface area contributed by atoms with Crippen molar-refractivity contribution in [3.05, 3.63) is 95.6 Å². The Bertz CT molecular complexity index is 1200. The molecule has 2 amide bonds. The van der Waals surface area contributed by atoms with Crippen LogP contribution in [-0.4, -0.2) is 67.6 Å². The number of hydrogen-bond donors (Lipinski definition) is 2. The number of nitrogens with one attached hydrogen (secondary N) is 1. The second-order valence-electron chi connectivity index (χ2n) is 8.56. The van der Waals surface area contributed by atoms with Crippen LogP contribution in [0.2, 0.25) is 0 Å². The third-order valence-electron chi connectivity index (χ3n) is 6.07. The summed E-state index contributed by atoms with van der Waals surface area (Å²) in [5.41, 5.74) is 2.00. The maximum absolute atomic E-state index is 13.2. The fraction of sp³-hybridized carbons (Fsp3) is 0.276. The lowest BCUT2D eigenvalue weighted by atomic mass is 9.85. The normalized spacial score (nSPS) is 13.8. The van der Waals surface area contributed by atoms with Crippen LogP contribution in [0.1, 0.15) is 23.6 Å². The molecular formula is C29H31N3O6. The van der Waals surface area contributed by atoms with Crippen molar-refractivity contribution >= 4 is 18.0 Å². The van der Waals surface area contributed by atoms with Gasteiger partial charge in [0.25, 0.3) is 11.8 Å². The fourth-order valence-electron chi connectivity index (χ4n) is 4.07. The van der Waals surface area contributed by atoms with Crippen LogP contribution in [-0.2, 0) is 19.9 Å². The minimum Gasteiger partial charge on any atom is -0.490 e. The Hall–Kier alpha value is -4.21. The van der Waals surface area contributed by atoms with E-state index in [-0.39, 0.29) is 12.5 Å². The van der Waals surface area contributed by atoms with Crippen molar-refractivity contribution in [2.24, 2.45) is 5.10 Å². The molecule has 0 radical (unpaired) electrons. The molecule has 1 saturated heterocycles. The number of carbonyl (C=O) groups is 2. The molecule has 0 saturated carbocycles. The van der Waals surface area contributed by atoms with Crippen LogP contribution < -0.4 is 14.9 Å². The van der Waals surface area contributed by atoms with E-state index >= 15 is 0 Å². The maximum Gasteiger partial charge on any atom is 0.281 e. The van der Waals surface area contributed by atoms with Crippen molar-refractivity contribution in [1.82, 2.24) is 10.3 Å². The third-order valence-corrected chi connectivity index (χ3v) is 6.07. The number of hydrogen-bond acceptors (Lipinski definition) is 7. The van der Waals surface area contributed by atoms with Crippen LogP contribution >= 0.6 is 0 Å². The SMILES string of the molecule is CCOc1cc(/C=N\NC(=O)C(O)(c2ccccc2)c2ccccc2)ccc1OCC(=O)N1CCOCC1. The van der Waals surface area contributed by atoms with E-state index in [1.807, 2.05) is 19.1 Å². The van der Waals surface area contributed by atoms with Crippen LogP contribution in [0.4, 0.5) is 0 Å². The topological polar surface area (TPSA) is 110 Å². The van der Waals surface area contributed by atoms with Gasteiger partial charge in [0.15, 0.2) is 23.7 Å². The molecule has 1 fully saturated rings. The number of benzene rings is 3. The summed E-state index contributed by atoms with van der Waals surface area (Å²) in [6, 6.07) is 22.5. The summed E-state index contributed by atoms with van der Waals surface area (Å²) in [4.78, 5) is 27.3. The van der Waals surface area contributed by atoms with E-state index in [1.165, 1.54) is 6.21 Å². The highest BCUT2D eigenvalue weighted by Gasteiger charge is 2.39. The van der Waals surface area contributed by atoms with E-state index < -0.39 is 11.5 Å². The number of morpholine rings is 1. The summed E-state index contributed by atoms with van der Waals surface area (Å²) in [6.07, 6.45) is 1.44. The van der Waals surface area contributed by atoms with Crippen molar-refractivity contribution in [2.45, 2.75) is 12.5 Å². The molecular weight excluding hydrogens is 486 g/mol. The number of amides is 2. The minimum absolute atomic E-state index is 0.110. The van der Waals surface area contributed by atoms with Gasteiger partial charge in [0.05, 0.1) is 26.0 Å². The smallest absolute Gasteiger partial charge is 0.281 e. The number of hydrazone groups is 1. The van der Waals surface area contributed by atoms with E-state index in [9.17, 15) is 14.7 Å². The highest BCUT2D eigenvalue weighted by molar-refractivity contribution is 5.91. The van der Waals surface area contributed by atoms with Crippen molar-refractivity contribution in [3.63, 3.8) is 0 Å². The highest BCUT2D eigenvalue weighted by Crippen LogP contribution is 2.30. The molecule has 4 rings (SSSR count). The molecule has 2 N–H and O–H groups in total. The van der Waals surface area contributed by atoms with E-state index in [0.29, 0.717) is 61.1 Å². The molecule has 3 aromatic carbocycles. The highest BCUT2D eigenvalue weighted by atomic mass is 16.5. The van der Waals surface area contributed by atoms with Gasteiger partial charge in [-0.05, 0) is 41.8 Å². The zero-order chi connectivity index (χ0) is 26.8. The van der Waals surface area contributed by atoms with Crippen molar-refractivity contribution < 1.29 is 28.9 Å². The maximum atomic E-state index is 13.2. The second kappa shape index (κ2) is 12.8. The predicted octanol–water partition coefficient (Wildman–Crippen LogP) is 2.71. The molecule has 198 valence electrons. The summed E-state index contributed by atoms with van der Waals surface area (Å²) in [6.45, 7) is 4.27. The summed E-state index contributed by atoms with van der Waals surface area (Å²) >= 11 is 0. The van der Waals surface area contributed by atoms with Crippen LogP contribution in [0, 0.1) is 0 Å². The molecule has 0 bridgehead atoms. The molecule has 1 heterocycles. The van der Waals surface area contributed by atoms with E-state index in [4.69, 9.17) is 14.2 Å². The van der Waals surface area contributed by atoms with Gasteiger partial charge in [-0.1, -0.05) is 60.7 Å². The molecule has 0 aromatic heterocycles. The first-order chi connectivity index (χ1) is 18.5. The van der Waals surface area contributed by atoms with Gasteiger partial charge < -0.3 is 24.2 Å². The van der Waals surface area contributed by atoms with Crippen molar-refractivity contribution in [2.75, 3.05) is 39.5 Å².